The second-order valence-electron chi connectivity index (χ2n) is 1.65. The molecular formula is C7H14K6. The Balaban J connectivity index is -0.00000000408. The van der Waals surface area contributed by atoms with Crippen molar-refractivity contribution in [1.29, 1.82) is 0 Å². The Labute approximate surface area is 346 Å². The summed E-state index contributed by atoms with van der Waals surface area (Å²) in [5.41, 5.74) is 1.32. The van der Waals surface area contributed by atoms with Gasteiger partial charge < -0.3 is 8.56 Å². The van der Waals surface area contributed by atoms with E-state index in [0.717, 1.165) is 0 Å². The fourth-order valence-corrected chi connectivity index (χ4v) is 0.534. The third-order valence-corrected chi connectivity index (χ3v) is 0.940. The van der Waals surface area contributed by atoms with Crippen LogP contribution in [0.2, 0.25) is 0 Å². The van der Waals surface area contributed by atoms with Gasteiger partial charge in [-0.1, -0.05) is 35.9 Å². The van der Waals surface area contributed by atoms with Crippen LogP contribution in [0.5, 0.6) is 0 Å². The Morgan fingerprint density at radius 1 is 0.692 bits per heavy atom. The summed E-state index contributed by atoms with van der Waals surface area (Å²) in [6, 6.07) is 10.3. The van der Waals surface area contributed by atoms with Gasteiger partial charge in [0.1, 0.15) is 0 Å². The number of hydrogen-bond donors (Lipinski definition) is 0. The van der Waals surface area contributed by atoms with Gasteiger partial charge in [-0.05, 0) is 6.92 Å². The third kappa shape index (κ3) is 26.3. The Bertz CT molecular complexity index is 160. The van der Waals surface area contributed by atoms with E-state index in [2.05, 4.69) is 19.1 Å². The smallest absolute Gasteiger partial charge is 1.00 e. The molecular weight excluding hydrogens is 319 g/mol. The van der Waals surface area contributed by atoms with E-state index in [0.29, 0.717) is 0 Å². The predicted octanol–water partition coefficient (Wildman–Crippen LogP) is -15.3. The summed E-state index contributed by atoms with van der Waals surface area (Å²) in [6.45, 7) is 2.08. The van der Waals surface area contributed by atoms with Crippen LogP contribution in [-0.4, -0.2) is 0 Å². The minimum atomic E-state index is 0. The largest absolute Gasteiger partial charge is 1.00 e. The van der Waals surface area contributed by atoms with Gasteiger partial charge in [-0.25, -0.2) is 0 Å². The first kappa shape index (κ1) is 37.9. The van der Waals surface area contributed by atoms with Crippen molar-refractivity contribution in [2.45, 2.75) is 6.92 Å². The molecule has 0 aromatic heterocycles. The molecule has 0 fully saturated rings. The summed E-state index contributed by atoms with van der Waals surface area (Å²) in [6.07, 6.45) is 0. The molecule has 0 bridgehead atoms. The van der Waals surface area contributed by atoms with Gasteiger partial charge in [-0.15, -0.1) is 0 Å². The fraction of sp³-hybridized carbons (Fsp3) is 0.143. The van der Waals surface area contributed by atoms with Crippen molar-refractivity contribution < 1.29 is 317 Å². The molecule has 1 aromatic carbocycles. The van der Waals surface area contributed by atoms with E-state index < -0.39 is 0 Å². The van der Waals surface area contributed by atoms with Gasteiger partial charge in [0.05, 0.1) is 0 Å². The van der Waals surface area contributed by atoms with Gasteiger partial charge in [0.25, 0.3) is 0 Å². The standard InChI is InChI=1S/C7H8.6K.6H/c1-7-5-3-2-4-6-7;;;;;;;;;;;;/h2-6H,1H3;;;;;;;;;;;;/q;6*+1;6*-1. The Kier molecular flexibility index (Phi) is 84.9. The summed E-state index contributed by atoms with van der Waals surface area (Å²) in [5.74, 6) is 0. The molecule has 0 saturated carbocycles. The van der Waals surface area contributed by atoms with E-state index >= 15 is 0 Å². The van der Waals surface area contributed by atoms with Crippen molar-refractivity contribution in [2.75, 3.05) is 0 Å². The van der Waals surface area contributed by atoms with Crippen molar-refractivity contribution in [3.8, 4) is 0 Å². The average molecular weight is 333 g/mol. The van der Waals surface area contributed by atoms with Crippen LogP contribution in [0.25, 0.3) is 0 Å². The Morgan fingerprint density at radius 2 is 1.00 bits per heavy atom. The molecule has 0 nitrogen and oxygen atoms in total. The zero-order valence-corrected chi connectivity index (χ0v) is 29.1. The summed E-state index contributed by atoms with van der Waals surface area (Å²) in [4.78, 5) is 0. The molecule has 0 heterocycles. The topological polar surface area (TPSA) is 0 Å². The molecule has 0 aliphatic carbocycles. The Hall–Kier alpha value is 9.04. The zero-order chi connectivity index (χ0) is 5.11. The van der Waals surface area contributed by atoms with E-state index in [1.54, 1.807) is 0 Å². The first-order valence-corrected chi connectivity index (χ1v) is 2.41. The molecule has 0 amide bonds. The van der Waals surface area contributed by atoms with E-state index in [9.17, 15) is 0 Å². The molecule has 0 saturated heterocycles. The molecule has 0 aliphatic rings. The first-order valence-electron chi connectivity index (χ1n) is 2.41. The maximum atomic E-state index is 2.08. The van der Waals surface area contributed by atoms with Gasteiger partial charge in [-0.3, -0.25) is 0 Å². The van der Waals surface area contributed by atoms with E-state index in [1.807, 2.05) is 18.2 Å². The SMILES string of the molecule is Cc1ccccc1.[H-].[H-].[H-].[H-].[H-].[H-].[K+].[K+].[K+].[K+].[K+].[K+]. The van der Waals surface area contributed by atoms with Crippen LogP contribution in [0.3, 0.4) is 0 Å². The van der Waals surface area contributed by atoms with Crippen LogP contribution >= 0.6 is 0 Å². The van der Waals surface area contributed by atoms with E-state index in [4.69, 9.17) is 0 Å². The zero-order valence-electron chi connectivity index (χ0n) is 16.4. The van der Waals surface area contributed by atoms with Crippen molar-refractivity contribution in [3.05, 3.63) is 35.9 Å². The minimum absolute atomic E-state index is 0. The summed E-state index contributed by atoms with van der Waals surface area (Å²) in [7, 11) is 0. The van der Waals surface area contributed by atoms with E-state index in [1.165, 1.54) is 5.56 Å². The molecule has 0 unspecified atom stereocenters. The summed E-state index contributed by atoms with van der Waals surface area (Å²) in [5, 5.41) is 0. The first-order chi connectivity index (χ1) is 3.39. The number of hydrogen-bond acceptors (Lipinski definition) is 0. The van der Waals surface area contributed by atoms with Crippen molar-refractivity contribution in [2.24, 2.45) is 0 Å². The van der Waals surface area contributed by atoms with Crippen LogP contribution in [0.1, 0.15) is 14.1 Å². The van der Waals surface area contributed by atoms with Gasteiger partial charge in [0, 0.05) is 0 Å². The number of rotatable bonds is 0. The van der Waals surface area contributed by atoms with Gasteiger partial charge in [0.2, 0.25) is 0 Å². The van der Waals surface area contributed by atoms with Crippen LogP contribution in [-0.2, 0) is 0 Å². The molecule has 13 heavy (non-hydrogen) atoms. The molecule has 48 valence electrons. The second-order valence-corrected chi connectivity index (χ2v) is 1.65. The van der Waals surface area contributed by atoms with Crippen LogP contribution in [0, 0.1) is 6.92 Å². The molecule has 1 rings (SSSR count). The molecule has 1 aromatic rings. The molecule has 0 N–H and O–H groups in total. The molecule has 0 atom stereocenters. The van der Waals surface area contributed by atoms with Gasteiger partial charge in [0.15, 0.2) is 0 Å². The minimum Gasteiger partial charge on any atom is -1.00 e. The van der Waals surface area contributed by atoms with Crippen molar-refractivity contribution >= 4 is 0 Å². The molecule has 0 spiro atoms. The third-order valence-electron chi connectivity index (χ3n) is 0.940. The number of benzene rings is 1. The monoisotopic (exact) mass is 332 g/mol. The second kappa shape index (κ2) is 29.1. The van der Waals surface area contributed by atoms with Crippen molar-refractivity contribution in [1.82, 2.24) is 0 Å². The maximum Gasteiger partial charge on any atom is 1.00 e. The maximum absolute atomic E-state index is 2.08. The average Bonchev–Trinajstić information content (AvgIpc) is 1.69. The Morgan fingerprint density at radius 3 is 1.15 bits per heavy atom. The number of aryl methyl sites for hydroxylation is 1. The van der Waals surface area contributed by atoms with Crippen LogP contribution in [0.4, 0.5) is 0 Å². The van der Waals surface area contributed by atoms with Gasteiger partial charge >= 0.3 is 308 Å². The summed E-state index contributed by atoms with van der Waals surface area (Å²) >= 11 is 0. The van der Waals surface area contributed by atoms with Crippen LogP contribution in [0.15, 0.2) is 30.3 Å². The van der Waals surface area contributed by atoms with Crippen LogP contribution < -0.4 is 308 Å². The molecule has 0 radical (unpaired) electrons. The molecule has 6 heteroatoms. The molecule has 0 aliphatic heterocycles. The quantitative estimate of drug-likeness (QED) is 0.414. The predicted molar refractivity (Wildman–Crippen MR) is 37.9 cm³/mol. The normalized spacial score (nSPS) is 4.69. The summed E-state index contributed by atoms with van der Waals surface area (Å²) < 4.78 is 0. The fourth-order valence-electron chi connectivity index (χ4n) is 0.534. The van der Waals surface area contributed by atoms with Gasteiger partial charge in [-0.2, -0.15) is 0 Å². The van der Waals surface area contributed by atoms with E-state index in [-0.39, 0.29) is 317 Å². The van der Waals surface area contributed by atoms with Crippen molar-refractivity contribution in [3.63, 3.8) is 0 Å².